The first-order valence-electron chi connectivity index (χ1n) is 9.86. The molecule has 0 bridgehead atoms. The molecule has 5 nitrogen and oxygen atoms in total. The predicted molar refractivity (Wildman–Crippen MR) is 102 cm³/mol. The van der Waals surface area contributed by atoms with Gasteiger partial charge in [0.1, 0.15) is 11.4 Å². The van der Waals surface area contributed by atoms with Gasteiger partial charge in [-0.15, -0.1) is 0 Å². The summed E-state index contributed by atoms with van der Waals surface area (Å²) < 4.78 is 16.6. The number of carboxylic acids is 1. The molecular formula is C21H25FN2O3. The van der Waals surface area contributed by atoms with Gasteiger partial charge < -0.3 is 15.0 Å². The molecule has 0 spiro atoms. The smallest absolute Gasteiger partial charge is 0.341 e. The SMILES string of the molecule is O=C(O)c1cn(C2CC2)c2cc(CCC3CCCNCC3)c(F)cc2c1=O. The largest absolute Gasteiger partial charge is 0.477 e. The molecule has 2 aliphatic rings. The van der Waals surface area contributed by atoms with Crippen LogP contribution < -0.4 is 10.7 Å². The van der Waals surface area contributed by atoms with E-state index in [1.807, 2.05) is 4.57 Å². The molecule has 1 aliphatic heterocycles. The van der Waals surface area contributed by atoms with Crippen LogP contribution in [0.4, 0.5) is 4.39 Å². The first kappa shape index (κ1) is 18.2. The summed E-state index contributed by atoms with van der Waals surface area (Å²) in [6, 6.07) is 3.22. The number of nitrogens with zero attached hydrogens (tertiary/aromatic N) is 1. The fourth-order valence-corrected chi connectivity index (χ4v) is 4.15. The van der Waals surface area contributed by atoms with Crippen molar-refractivity contribution in [3.63, 3.8) is 0 Å². The monoisotopic (exact) mass is 372 g/mol. The van der Waals surface area contributed by atoms with E-state index in [0.29, 0.717) is 23.4 Å². The third-order valence-corrected chi connectivity index (χ3v) is 5.89. The summed E-state index contributed by atoms with van der Waals surface area (Å²) in [4.78, 5) is 23.9. The van der Waals surface area contributed by atoms with Gasteiger partial charge in [-0.2, -0.15) is 0 Å². The second-order valence-corrected chi connectivity index (χ2v) is 7.86. The molecule has 4 rings (SSSR count). The second-order valence-electron chi connectivity index (χ2n) is 7.86. The molecule has 1 atom stereocenters. The molecule has 6 heteroatoms. The lowest BCUT2D eigenvalue weighted by Crippen LogP contribution is -2.19. The molecule has 2 N–H and O–H groups in total. The van der Waals surface area contributed by atoms with Gasteiger partial charge in [-0.25, -0.2) is 9.18 Å². The predicted octanol–water partition coefficient (Wildman–Crippen LogP) is 3.50. The third kappa shape index (κ3) is 3.76. The summed E-state index contributed by atoms with van der Waals surface area (Å²) in [5.41, 5.74) is 0.394. The number of hydrogen-bond donors (Lipinski definition) is 2. The molecule has 2 heterocycles. The summed E-state index contributed by atoms with van der Waals surface area (Å²) in [5, 5.41) is 12.9. The minimum Gasteiger partial charge on any atom is -0.477 e. The number of aromatic carboxylic acids is 1. The number of hydrogen-bond acceptors (Lipinski definition) is 3. The molecular weight excluding hydrogens is 347 g/mol. The number of halogens is 1. The van der Waals surface area contributed by atoms with Crippen molar-refractivity contribution < 1.29 is 14.3 Å². The maximum Gasteiger partial charge on any atom is 0.341 e. The zero-order valence-electron chi connectivity index (χ0n) is 15.3. The molecule has 0 radical (unpaired) electrons. The Morgan fingerprint density at radius 2 is 2.04 bits per heavy atom. The van der Waals surface area contributed by atoms with Crippen LogP contribution in [0.15, 0.2) is 23.1 Å². The molecule has 2 aromatic rings. The number of fused-ring (bicyclic) bond motifs is 1. The standard InChI is InChI=1S/C21H25FN2O3/c22-18-11-16-19(10-14(18)4-3-13-2-1-8-23-9-7-13)24(15-5-6-15)12-17(20(16)25)21(26)27/h10-13,15,23H,1-9H2,(H,26,27). The first-order valence-corrected chi connectivity index (χ1v) is 9.86. The van der Waals surface area contributed by atoms with Gasteiger partial charge in [0, 0.05) is 17.6 Å². The van der Waals surface area contributed by atoms with Gasteiger partial charge in [-0.3, -0.25) is 4.79 Å². The minimum atomic E-state index is -1.26. The summed E-state index contributed by atoms with van der Waals surface area (Å²) in [6.07, 6.45) is 8.36. The Balaban J connectivity index is 1.69. The Kier molecular flexibility index (Phi) is 5.00. The lowest BCUT2D eigenvalue weighted by molar-refractivity contribution is 0.0695. The number of carboxylic acid groups (broad SMARTS) is 1. The van der Waals surface area contributed by atoms with Crippen molar-refractivity contribution in [2.75, 3.05) is 13.1 Å². The number of carbonyl (C=O) groups is 1. The summed E-state index contributed by atoms with van der Waals surface area (Å²) in [5.74, 6) is -1.07. The van der Waals surface area contributed by atoms with Crippen molar-refractivity contribution >= 4 is 16.9 Å². The van der Waals surface area contributed by atoms with Gasteiger partial charge in [0.25, 0.3) is 0 Å². The third-order valence-electron chi connectivity index (χ3n) is 5.89. The lowest BCUT2D eigenvalue weighted by Gasteiger charge is -2.16. The van der Waals surface area contributed by atoms with E-state index in [1.165, 1.54) is 12.3 Å². The summed E-state index contributed by atoms with van der Waals surface area (Å²) in [7, 11) is 0. The van der Waals surface area contributed by atoms with Crippen LogP contribution in [0.1, 0.15) is 60.5 Å². The topological polar surface area (TPSA) is 71.3 Å². The molecule has 2 fully saturated rings. The zero-order chi connectivity index (χ0) is 19.0. The molecule has 0 amide bonds. The van der Waals surface area contributed by atoms with Gasteiger partial charge >= 0.3 is 5.97 Å². The average Bonchev–Trinajstić information content (AvgIpc) is 3.48. The van der Waals surface area contributed by atoms with E-state index in [9.17, 15) is 19.1 Å². The quantitative estimate of drug-likeness (QED) is 0.843. The van der Waals surface area contributed by atoms with E-state index < -0.39 is 17.2 Å². The van der Waals surface area contributed by atoms with Gasteiger partial charge in [0.2, 0.25) is 5.43 Å². The fraction of sp³-hybridized carbons (Fsp3) is 0.524. The number of aromatic nitrogens is 1. The average molecular weight is 372 g/mol. The molecule has 144 valence electrons. The van der Waals surface area contributed by atoms with Crippen molar-refractivity contribution in [3.8, 4) is 0 Å². The molecule has 1 aliphatic carbocycles. The molecule has 1 aromatic heterocycles. The maximum absolute atomic E-state index is 14.7. The molecule has 1 aromatic carbocycles. The molecule has 1 unspecified atom stereocenters. The number of benzene rings is 1. The second kappa shape index (κ2) is 7.43. The van der Waals surface area contributed by atoms with E-state index in [-0.39, 0.29) is 17.0 Å². The fourth-order valence-electron chi connectivity index (χ4n) is 4.15. The van der Waals surface area contributed by atoms with E-state index in [2.05, 4.69) is 5.32 Å². The van der Waals surface area contributed by atoms with Gasteiger partial charge in [0.05, 0.1) is 5.52 Å². The molecule has 1 saturated heterocycles. The zero-order valence-corrected chi connectivity index (χ0v) is 15.3. The first-order chi connectivity index (χ1) is 13.0. The van der Waals surface area contributed by atoms with Crippen LogP contribution in [0, 0.1) is 11.7 Å². The number of nitrogens with one attached hydrogen (secondary N) is 1. The number of aryl methyl sites for hydroxylation is 1. The molecule has 27 heavy (non-hydrogen) atoms. The highest BCUT2D eigenvalue weighted by Gasteiger charge is 2.27. The van der Waals surface area contributed by atoms with Crippen molar-refractivity contribution in [2.24, 2.45) is 5.92 Å². The lowest BCUT2D eigenvalue weighted by atomic mass is 9.92. The van der Waals surface area contributed by atoms with Crippen LogP contribution in [-0.4, -0.2) is 28.7 Å². The number of pyridine rings is 1. The van der Waals surface area contributed by atoms with Crippen molar-refractivity contribution in [1.82, 2.24) is 9.88 Å². The van der Waals surface area contributed by atoms with Crippen LogP contribution in [0.3, 0.4) is 0 Å². The van der Waals surface area contributed by atoms with Crippen molar-refractivity contribution in [1.29, 1.82) is 0 Å². The van der Waals surface area contributed by atoms with Crippen molar-refractivity contribution in [2.45, 2.75) is 51.0 Å². The Morgan fingerprint density at radius 1 is 1.22 bits per heavy atom. The van der Waals surface area contributed by atoms with Crippen LogP contribution in [0.25, 0.3) is 10.9 Å². The van der Waals surface area contributed by atoms with Crippen LogP contribution in [0.5, 0.6) is 0 Å². The highest BCUT2D eigenvalue weighted by atomic mass is 19.1. The van der Waals surface area contributed by atoms with E-state index in [4.69, 9.17) is 0 Å². The summed E-state index contributed by atoms with van der Waals surface area (Å²) in [6.45, 7) is 2.07. The normalized spacial score (nSPS) is 20.6. The molecule has 1 saturated carbocycles. The van der Waals surface area contributed by atoms with Gasteiger partial charge in [-0.1, -0.05) is 0 Å². The summed E-state index contributed by atoms with van der Waals surface area (Å²) >= 11 is 0. The Hall–Kier alpha value is -2.21. The van der Waals surface area contributed by atoms with Gasteiger partial charge in [0.15, 0.2) is 0 Å². The van der Waals surface area contributed by atoms with Crippen LogP contribution in [0.2, 0.25) is 0 Å². The van der Waals surface area contributed by atoms with Crippen molar-refractivity contribution in [3.05, 3.63) is 45.5 Å². The maximum atomic E-state index is 14.7. The highest BCUT2D eigenvalue weighted by molar-refractivity contribution is 5.92. The van der Waals surface area contributed by atoms with Crippen LogP contribution >= 0.6 is 0 Å². The Labute approximate surface area is 157 Å². The van der Waals surface area contributed by atoms with Crippen LogP contribution in [-0.2, 0) is 6.42 Å². The Bertz CT molecular complexity index is 925. The Morgan fingerprint density at radius 3 is 2.78 bits per heavy atom. The minimum absolute atomic E-state index is 0.168. The van der Waals surface area contributed by atoms with E-state index >= 15 is 0 Å². The van der Waals surface area contributed by atoms with Gasteiger partial charge in [-0.05, 0) is 81.6 Å². The number of rotatable bonds is 5. The highest BCUT2D eigenvalue weighted by Crippen LogP contribution is 2.37. The van der Waals surface area contributed by atoms with E-state index in [1.54, 1.807) is 6.07 Å². The van der Waals surface area contributed by atoms with E-state index in [0.717, 1.165) is 51.6 Å².